The smallest absolute Gasteiger partial charge is 0.0950 e. The Balaban J connectivity index is 2.38. The molecule has 1 aliphatic rings. The number of hydrogen-bond donors (Lipinski definition) is 1. The van der Waals surface area contributed by atoms with Crippen molar-refractivity contribution >= 4 is 7.85 Å². The lowest BCUT2D eigenvalue weighted by Crippen LogP contribution is -2.20. The summed E-state index contributed by atoms with van der Waals surface area (Å²) in [6.07, 6.45) is 2.01. The van der Waals surface area contributed by atoms with Gasteiger partial charge in [0.05, 0.1) is 7.85 Å². The second-order valence-electron chi connectivity index (χ2n) is 1.73. The average Bonchev–Trinajstić information content (AvgIpc) is 1.76. The quantitative estimate of drug-likeness (QED) is 0.383. The van der Waals surface area contributed by atoms with Gasteiger partial charge in [-0.3, -0.25) is 0 Å². The Morgan fingerprint density at radius 1 is 1.60 bits per heavy atom. The van der Waals surface area contributed by atoms with Crippen molar-refractivity contribution in [1.82, 2.24) is 0 Å². The fourth-order valence-electron chi connectivity index (χ4n) is 0.144. The summed E-state index contributed by atoms with van der Waals surface area (Å²) in [6, 6.07) is 0. The monoisotopic (exact) mass is 67.1 g/mol. The molecule has 2 heteroatoms. The lowest BCUT2D eigenvalue weighted by atomic mass is 9.95. The minimum Gasteiger partial charge on any atom is -0.333 e. The molecule has 26 valence electrons. The Kier molecular flexibility index (Phi) is 0.369. The van der Waals surface area contributed by atoms with Gasteiger partial charge in [0.25, 0.3) is 0 Å². The van der Waals surface area contributed by atoms with Crippen LogP contribution in [0, 0.1) is 0 Å². The summed E-state index contributed by atoms with van der Waals surface area (Å²) in [7, 11) is 5.24. The van der Waals surface area contributed by atoms with Gasteiger partial charge < -0.3 is 5.73 Å². The highest BCUT2D eigenvalue weighted by molar-refractivity contribution is 6.17. The van der Waals surface area contributed by atoms with E-state index < -0.39 is 0 Å². The van der Waals surface area contributed by atoms with Gasteiger partial charge in [-0.2, -0.15) is 0 Å². The molecule has 0 unspecified atom stereocenters. The van der Waals surface area contributed by atoms with Crippen LogP contribution < -0.4 is 5.73 Å². The lowest BCUT2D eigenvalue weighted by Gasteiger charge is -1.88. The van der Waals surface area contributed by atoms with Gasteiger partial charge in [0.15, 0.2) is 0 Å². The Labute approximate surface area is 33.0 Å². The minimum atomic E-state index is -0.250. The predicted molar refractivity (Wildman–Crippen MR) is 21.9 cm³/mol. The maximum absolute atomic E-state index is 5.24. The minimum absolute atomic E-state index is 0.250. The predicted octanol–water partition coefficient (Wildman–Crippen LogP) is -0.396. The van der Waals surface area contributed by atoms with Gasteiger partial charge in [-0.15, -0.1) is 0 Å². The van der Waals surface area contributed by atoms with Crippen LogP contribution in [0.1, 0.15) is 12.8 Å². The van der Waals surface area contributed by atoms with Gasteiger partial charge in [0, 0.05) is 0 Å². The number of hydrogen-bond acceptors (Lipinski definition) is 1. The molecule has 0 atom stereocenters. The van der Waals surface area contributed by atoms with Gasteiger partial charge in [-0.1, -0.05) is 0 Å². The summed E-state index contributed by atoms with van der Waals surface area (Å²) in [5.74, 6) is 0. The molecule has 0 amide bonds. The van der Waals surface area contributed by atoms with Gasteiger partial charge in [-0.25, -0.2) is 0 Å². The topological polar surface area (TPSA) is 26.0 Å². The van der Waals surface area contributed by atoms with E-state index in [2.05, 4.69) is 0 Å². The molecule has 0 bridgehead atoms. The van der Waals surface area contributed by atoms with Crippen molar-refractivity contribution in [1.29, 1.82) is 0 Å². The van der Waals surface area contributed by atoms with Crippen LogP contribution in [0.4, 0.5) is 0 Å². The molecule has 1 saturated carbocycles. The van der Waals surface area contributed by atoms with E-state index >= 15 is 0 Å². The fourth-order valence-corrected chi connectivity index (χ4v) is 0.144. The van der Waals surface area contributed by atoms with Crippen LogP contribution in [0.5, 0.6) is 0 Å². The largest absolute Gasteiger partial charge is 0.333 e. The molecule has 0 aromatic carbocycles. The summed E-state index contributed by atoms with van der Waals surface area (Å²) >= 11 is 0. The van der Waals surface area contributed by atoms with Crippen LogP contribution in [0.3, 0.4) is 0 Å². The first-order chi connectivity index (χ1) is 2.21. The van der Waals surface area contributed by atoms with Crippen molar-refractivity contribution in [2.75, 3.05) is 0 Å². The van der Waals surface area contributed by atoms with E-state index in [-0.39, 0.29) is 5.44 Å². The van der Waals surface area contributed by atoms with Crippen LogP contribution in [-0.2, 0) is 0 Å². The average molecular weight is 66.9 g/mol. The zero-order valence-corrected chi connectivity index (χ0v) is 3.07. The summed E-state index contributed by atoms with van der Waals surface area (Å²) in [5.41, 5.74) is 4.99. The summed E-state index contributed by atoms with van der Waals surface area (Å²) in [6.45, 7) is 0. The van der Waals surface area contributed by atoms with Crippen LogP contribution in [0.15, 0.2) is 0 Å². The highest BCUT2D eigenvalue weighted by atomic mass is 14.8. The van der Waals surface area contributed by atoms with E-state index in [0.29, 0.717) is 0 Å². The standard InChI is InChI=1S/C3H6BN/c4-3(5)1-2-3/h1-2,5H2. The SMILES string of the molecule is [B]C1(N)CC1. The molecule has 1 nitrogen and oxygen atoms in total. The van der Waals surface area contributed by atoms with Gasteiger partial charge in [0.1, 0.15) is 0 Å². The van der Waals surface area contributed by atoms with Crippen molar-refractivity contribution in [2.45, 2.75) is 18.3 Å². The lowest BCUT2D eigenvalue weighted by molar-refractivity contribution is 0.965. The van der Waals surface area contributed by atoms with Gasteiger partial charge in [0.2, 0.25) is 0 Å². The molecule has 0 aliphatic heterocycles. The molecule has 0 spiro atoms. The van der Waals surface area contributed by atoms with Crippen molar-refractivity contribution < 1.29 is 0 Å². The Bertz CT molecular complexity index is 44.9. The third-order valence-corrected chi connectivity index (χ3v) is 0.827. The van der Waals surface area contributed by atoms with Crippen LogP contribution in [0.2, 0.25) is 0 Å². The third-order valence-electron chi connectivity index (χ3n) is 0.827. The summed E-state index contributed by atoms with van der Waals surface area (Å²) < 4.78 is 0. The van der Waals surface area contributed by atoms with Crippen LogP contribution >= 0.6 is 0 Å². The summed E-state index contributed by atoms with van der Waals surface area (Å²) in [4.78, 5) is 0. The van der Waals surface area contributed by atoms with E-state index in [9.17, 15) is 0 Å². The number of rotatable bonds is 0. The Morgan fingerprint density at radius 3 is 1.80 bits per heavy atom. The molecule has 1 aliphatic carbocycles. The summed E-state index contributed by atoms with van der Waals surface area (Å²) in [5, 5.41) is 0. The first kappa shape index (κ1) is 3.22. The maximum Gasteiger partial charge on any atom is 0.0950 e. The first-order valence-electron chi connectivity index (χ1n) is 1.78. The molecule has 5 heavy (non-hydrogen) atoms. The van der Waals surface area contributed by atoms with E-state index in [1.165, 1.54) is 0 Å². The molecule has 2 N–H and O–H groups in total. The molecule has 0 aromatic heterocycles. The van der Waals surface area contributed by atoms with Crippen LogP contribution in [0.25, 0.3) is 0 Å². The molecule has 0 saturated heterocycles. The van der Waals surface area contributed by atoms with E-state index in [1.54, 1.807) is 0 Å². The van der Waals surface area contributed by atoms with Crippen molar-refractivity contribution in [3.8, 4) is 0 Å². The van der Waals surface area contributed by atoms with E-state index in [1.807, 2.05) is 0 Å². The van der Waals surface area contributed by atoms with E-state index in [0.717, 1.165) is 12.8 Å². The zero-order valence-electron chi connectivity index (χ0n) is 3.07. The zero-order chi connectivity index (χ0) is 3.91. The second kappa shape index (κ2) is 0.572. The molecule has 1 fully saturated rings. The molecule has 2 radical (unpaired) electrons. The van der Waals surface area contributed by atoms with Crippen LogP contribution in [-0.4, -0.2) is 13.3 Å². The molecular formula is C3H6BN. The molecule has 0 heterocycles. The second-order valence-corrected chi connectivity index (χ2v) is 1.73. The molecule has 1 rings (SSSR count). The maximum atomic E-state index is 5.24. The van der Waals surface area contributed by atoms with Crippen molar-refractivity contribution in [2.24, 2.45) is 5.73 Å². The highest BCUT2D eigenvalue weighted by Crippen LogP contribution is 2.26. The Morgan fingerprint density at radius 2 is 1.80 bits per heavy atom. The number of nitrogens with two attached hydrogens (primary N) is 1. The van der Waals surface area contributed by atoms with Gasteiger partial charge >= 0.3 is 0 Å². The first-order valence-corrected chi connectivity index (χ1v) is 1.78. The Hall–Kier alpha value is 0.0249. The molecular weight excluding hydrogens is 60.9 g/mol. The fraction of sp³-hybridized carbons (Fsp3) is 1.00. The van der Waals surface area contributed by atoms with Crippen molar-refractivity contribution in [3.63, 3.8) is 0 Å². The van der Waals surface area contributed by atoms with Crippen molar-refractivity contribution in [3.05, 3.63) is 0 Å². The third kappa shape index (κ3) is 0.654. The molecule has 0 aromatic rings. The van der Waals surface area contributed by atoms with E-state index in [4.69, 9.17) is 13.6 Å². The van der Waals surface area contributed by atoms with Gasteiger partial charge in [-0.05, 0) is 18.3 Å². The normalized spacial score (nSPS) is 29.8. The highest BCUT2D eigenvalue weighted by Gasteiger charge is 2.30.